The lowest BCUT2D eigenvalue weighted by Crippen LogP contribution is -2.04. The number of fused-ring (bicyclic) bond motifs is 1. The number of nitro benzene ring substituents is 1. The zero-order chi connectivity index (χ0) is 18.8. The molecule has 0 radical (unpaired) electrons. The second-order valence-electron chi connectivity index (χ2n) is 5.94. The molecule has 6 nitrogen and oxygen atoms in total. The monoisotopic (exact) mass is 357 g/mol. The van der Waals surface area contributed by atoms with E-state index in [0.29, 0.717) is 23.2 Å². The van der Waals surface area contributed by atoms with Crippen LogP contribution >= 0.6 is 0 Å². The SMILES string of the molecule is CCCCc1oc2ccc([N+](=O)[O-])cc2c1C(=O)c1ccc(O)c(F)c1. The highest BCUT2D eigenvalue weighted by molar-refractivity contribution is 6.17. The summed E-state index contributed by atoms with van der Waals surface area (Å²) in [6.45, 7) is 1.99. The van der Waals surface area contributed by atoms with E-state index < -0.39 is 22.3 Å². The van der Waals surface area contributed by atoms with Crippen LogP contribution < -0.4 is 0 Å². The highest BCUT2D eigenvalue weighted by Crippen LogP contribution is 2.32. The third kappa shape index (κ3) is 3.15. The second kappa shape index (κ2) is 6.95. The Bertz CT molecular complexity index is 1010. The Labute approximate surface area is 148 Å². The summed E-state index contributed by atoms with van der Waals surface area (Å²) in [5.41, 5.74) is 0.435. The molecule has 0 fully saturated rings. The molecule has 3 rings (SSSR count). The Morgan fingerprint density at radius 3 is 2.69 bits per heavy atom. The van der Waals surface area contributed by atoms with Gasteiger partial charge in [-0.15, -0.1) is 0 Å². The summed E-state index contributed by atoms with van der Waals surface area (Å²) in [4.78, 5) is 23.5. The second-order valence-corrected chi connectivity index (χ2v) is 5.94. The Morgan fingerprint density at radius 2 is 2.04 bits per heavy atom. The number of benzene rings is 2. The van der Waals surface area contributed by atoms with Gasteiger partial charge in [0.25, 0.3) is 5.69 Å². The number of unbranched alkanes of at least 4 members (excludes halogenated alkanes) is 1. The lowest BCUT2D eigenvalue weighted by molar-refractivity contribution is -0.384. The number of nitro groups is 1. The van der Waals surface area contributed by atoms with E-state index >= 15 is 0 Å². The van der Waals surface area contributed by atoms with E-state index in [0.717, 1.165) is 25.0 Å². The summed E-state index contributed by atoms with van der Waals surface area (Å²) >= 11 is 0. The third-order valence-electron chi connectivity index (χ3n) is 4.15. The molecule has 0 aliphatic rings. The summed E-state index contributed by atoms with van der Waals surface area (Å²) in [6.07, 6.45) is 2.13. The van der Waals surface area contributed by atoms with Gasteiger partial charge >= 0.3 is 0 Å². The number of hydrogen-bond acceptors (Lipinski definition) is 5. The van der Waals surface area contributed by atoms with Gasteiger partial charge in [-0.25, -0.2) is 4.39 Å². The lowest BCUT2D eigenvalue weighted by Gasteiger charge is -2.04. The first-order valence-corrected chi connectivity index (χ1v) is 8.15. The molecular weight excluding hydrogens is 341 g/mol. The van der Waals surface area contributed by atoms with Crippen LogP contribution in [0.4, 0.5) is 10.1 Å². The number of halogens is 1. The van der Waals surface area contributed by atoms with E-state index in [9.17, 15) is 24.4 Å². The molecule has 0 bridgehead atoms. The largest absolute Gasteiger partial charge is 0.505 e. The predicted octanol–water partition coefficient (Wildman–Crippen LogP) is 4.76. The molecule has 0 aliphatic carbocycles. The average molecular weight is 357 g/mol. The Hall–Kier alpha value is -3.22. The minimum atomic E-state index is -0.912. The summed E-state index contributed by atoms with van der Waals surface area (Å²) in [5, 5.41) is 20.7. The number of carbonyl (C=O) groups is 1. The van der Waals surface area contributed by atoms with Gasteiger partial charge in [0, 0.05) is 29.5 Å². The molecule has 0 spiro atoms. The highest BCUT2D eigenvalue weighted by Gasteiger charge is 2.24. The number of furan rings is 1. The number of nitrogens with zero attached hydrogens (tertiary/aromatic N) is 1. The summed E-state index contributed by atoms with van der Waals surface area (Å²) in [5.74, 6) is -1.56. The first-order chi connectivity index (χ1) is 12.4. The molecule has 1 N–H and O–H groups in total. The highest BCUT2D eigenvalue weighted by atomic mass is 19.1. The number of non-ortho nitro benzene ring substituents is 1. The van der Waals surface area contributed by atoms with E-state index in [-0.39, 0.29) is 16.8 Å². The molecule has 7 heteroatoms. The van der Waals surface area contributed by atoms with Crippen LogP contribution in [0.5, 0.6) is 5.75 Å². The van der Waals surface area contributed by atoms with E-state index in [4.69, 9.17) is 4.42 Å². The van der Waals surface area contributed by atoms with Crippen molar-refractivity contribution in [3.05, 3.63) is 69.2 Å². The van der Waals surface area contributed by atoms with E-state index in [1.165, 1.54) is 24.3 Å². The van der Waals surface area contributed by atoms with Crippen molar-refractivity contribution < 1.29 is 23.6 Å². The number of aromatic hydroxyl groups is 1. The summed E-state index contributed by atoms with van der Waals surface area (Å²) < 4.78 is 19.4. The van der Waals surface area contributed by atoms with Crippen LogP contribution in [0.1, 0.15) is 41.4 Å². The van der Waals surface area contributed by atoms with Gasteiger partial charge in [0.2, 0.25) is 0 Å². The normalized spacial score (nSPS) is 11.0. The maximum Gasteiger partial charge on any atom is 0.270 e. The minimum Gasteiger partial charge on any atom is -0.505 e. The van der Waals surface area contributed by atoms with E-state index in [2.05, 4.69) is 0 Å². The van der Waals surface area contributed by atoms with Crippen molar-refractivity contribution in [2.75, 3.05) is 0 Å². The van der Waals surface area contributed by atoms with Gasteiger partial charge in [-0.1, -0.05) is 13.3 Å². The molecular formula is C19H16FNO5. The predicted molar refractivity (Wildman–Crippen MR) is 93.0 cm³/mol. The zero-order valence-electron chi connectivity index (χ0n) is 14.0. The molecule has 0 atom stereocenters. The van der Waals surface area contributed by atoms with Crippen molar-refractivity contribution >= 4 is 22.4 Å². The Balaban J connectivity index is 2.19. The Morgan fingerprint density at radius 1 is 1.27 bits per heavy atom. The van der Waals surface area contributed by atoms with Crippen LogP contribution in [-0.2, 0) is 6.42 Å². The molecule has 3 aromatic rings. The van der Waals surface area contributed by atoms with Crippen molar-refractivity contribution in [1.29, 1.82) is 0 Å². The number of aryl methyl sites for hydroxylation is 1. The van der Waals surface area contributed by atoms with E-state index in [1.54, 1.807) is 0 Å². The van der Waals surface area contributed by atoms with Crippen molar-refractivity contribution in [3.63, 3.8) is 0 Å². The number of ketones is 1. The molecule has 1 aromatic heterocycles. The first-order valence-electron chi connectivity index (χ1n) is 8.15. The van der Waals surface area contributed by atoms with Crippen molar-refractivity contribution in [1.82, 2.24) is 0 Å². The van der Waals surface area contributed by atoms with Gasteiger partial charge in [-0.2, -0.15) is 0 Å². The van der Waals surface area contributed by atoms with Crippen molar-refractivity contribution in [2.24, 2.45) is 0 Å². The van der Waals surface area contributed by atoms with E-state index in [1.807, 2.05) is 6.92 Å². The number of phenols is 1. The third-order valence-corrected chi connectivity index (χ3v) is 4.15. The van der Waals surface area contributed by atoms with Gasteiger partial charge in [0.05, 0.1) is 10.5 Å². The quantitative estimate of drug-likeness (QED) is 0.390. The van der Waals surface area contributed by atoms with Crippen LogP contribution in [0.3, 0.4) is 0 Å². The van der Waals surface area contributed by atoms with Gasteiger partial charge in [0.1, 0.15) is 11.3 Å². The number of hydrogen-bond donors (Lipinski definition) is 1. The maximum absolute atomic E-state index is 13.7. The molecule has 0 saturated heterocycles. The maximum atomic E-state index is 13.7. The molecule has 26 heavy (non-hydrogen) atoms. The molecule has 1 heterocycles. The zero-order valence-corrected chi connectivity index (χ0v) is 14.0. The summed E-state index contributed by atoms with van der Waals surface area (Å²) in [6, 6.07) is 7.40. The topological polar surface area (TPSA) is 93.6 Å². The average Bonchev–Trinajstić information content (AvgIpc) is 2.98. The van der Waals surface area contributed by atoms with Crippen LogP contribution in [0.2, 0.25) is 0 Å². The first kappa shape index (κ1) is 17.6. The smallest absolute Gasteiger partial charge is 0.270 e. The van der Waals surface area contributed by atoms with Crippen LogP contribution in [0.15, 0.2) is 40.8 Å². The van der Waals surface area contributed by atoms with Crippen molar-refractivity contribution in [3.8, 4) is 5.75 Å². The lowest BCUT2D eigenvalue weighted by atomic mass is 9.98. The molecule has 134 valence electrons. The van der Waals surface area contributed by atoms with Gasteiger partial charge in [-0.05, 0) is 30.7 Å². The fraction of sp³-hybridized carbons (Fsp3) is 0.211. The molecule has 2 aromatic carbocycles. The van der Waals surface area contributed by atoms with Crippen LogP contribution in [0, 0.1) is 15.9 Å². The fourth-order valence-corrected chi connectivity index (χ4v) is 2.80. The van der Waals surface area contributed by atoms with Crippen LogP contribution in [0.25, 0.3) is 11.0 Å². The van der Waals surface area contributed by atoms with Gasteiger partial charge in [0.15, 0.2) is 17.3 Å². The number of carbonyl (C=O) groups excluding carboxylic acids is 1. The Kier molecular flexibility index (Phi) is 4.71. The molecule has 0 unspecified atom stereocenters. The minimum absolute atomic E-state index is 0.0345. The molecule has 0 aliphatic heterocycles. The standard InChI is InChI=1S/C19H16FNO5/c1-2-3-4-17-18(19(23)11-5-7-15(22)14(20)9-11)13-10-12(21(24)25)6-8-16(13)26-17/h5-10,22H,2-4H2,1H3. The molecule has 0 saturated carbocycles. The molecule has 0 amide bonds. The number of rotatable bonds is 6. The van der Waals surface area contributed by atoms with Gasteiger partial charge in [-0.3, -0.25) is 14.9 Å². The number of phenolic OH excluding ortho intramolecular Hbond substituents is 1. The van der Waals surface area contributed by atoms with Crippen molar-refractivity contribution in [2.45, 2.75) is 26.2 Å². The fourth-order valence-electron chi connectivity index (χ4n) is 2.80. The summed E-state index contributed by atoms with van der Waals surface area (Å²) in [7, 11) is 0. The van der Waals surface area contributed by atoms with Gasteiger partial charge < -0.3 is 9.52 Å². The van der Waals surface area contributed by atoms with Crippen LogP contribution in [-0.4, -0.2) is 15.8 Å².